The fourth-order valence-corrected chi connectivity index (χ4v) is 1.73. The zero-order valence-electron chi connectivity index (χ0n) is 10.5. The monoisotopic (exact) mass is 253 g/mol. The molecule has 0 aromatic carbocycles. The first-order valence-electron chi connectivity index (χ1n) is 5.43. The number of aromatic nitrogens is 4. The fraction of sp³-hybridized carbons (Fsp3) is 0.545. The Bertz CT molecular complexity index is 534. The lowest BCUT2D eigenvalue weighted by molar-refractivity contribution is 0.534. The van der Waals surface area contributed by atoms with Crippen LogP contribution in [0, 0.1) is 6.92 Å². The van der Waals surface area contributed by atoms with Gasteiger partial charge in [0.05, 0.1) is 0 Å². The maximum atomic E-state index is 6.00. The van der Waals surface area contributed by atoms with Crippen LogP contribution < -0.4 is 4.90 Å². The summed E-state index contributed by atoms with van der Waals surface area (Å²) >= 11 is 6.00. The Morgan fingerprint density at radius 3 is 2.82 bits per heavy atom. The number of nitrogens with zero attached hydrogens (tertiary/aromatic N) is 5. The number of aryl methyl sites for hydroxylation is 1. The van der Waals surface area contributed by atoms with Gasteiger partial charge in [-0.3, -0.25) is 0 Å². The molecule has 0 atom stereocenters. The molecule has 2 heterocycles. The molecule has 0 aliphatic heterocycles. The van der Waals surface area contributed by atoms with Gasteiger partial charge in [-0.2, -0.15) is 14.6 Å². The van der Waals surface area contributed by atoms with Gasteiger partial charge in [0.1, 0.15) is 12.1 Å². The fourth-order valence-electron chi connectivity index (χ4n) is 1.55. The maximum Gasteiger partial charge on any atom is 0.254 e. The zero-order chi connectivity index (χ0) is 12.6. The Morgan fingerprint density at radius 2 is 2.18 bits per heavy atom. The van der Waals surface area contributed by atoms with Crippen molar-refractivity contribution >= 4 is 23.2 Å². The van der Waals surface area contributed by atoms with E-state index in [9.17, 15) is 0 Å². The molecule has 0 aliphatic rings. The highest BCUT2D eigenvalue weighted by atomic mass is 35.5. The van der Waals surface area contributed by atoms with Gasteiger partial charge in [-0.25, -0.2) is 4.98 Å². The third kappa shape index (κ3) is 2.07. The van der Waals surface area contributed by atoms with Crippen LogP contribution in [-0.2, 0) is 0 Å². The van der Waals surface area contributed by atoms with E-state index in [1.54, 1.807) is 4.52 Å². The third-order valence-electron chi connectivity index (χ3n) is 2.94. The first-order chi connectivity index (χ1) is 7.95. The summed E-state index contributed by atoms with van der Waals surface area (Å²) in [5, 5.41) is 4.19. The Kier molecular flexibility index (Phi) is 2.95. The Morgan fingerprint density at radius 1 is 1.47 bits per heavy atom. The molecule has 92 valence electrons. The van der Waals surface area contributed by atoms with Gasteiger partial charge in [-0.15, -0.1) is 11.6 Å². The van der Waals surface area contributed by atoms with Crippen molar-refractivity contribution in [1.82, 2.24) is 19.6 Å². The average molecular weight is 254 g/mol. The van der Waals surface area contributed by atoms with Gasteiger partial charge in [0.2, 0.25) is 0 Å². The van der Waals surface area contributed by atoms with Crippen molar-refractivity contribution in [2.75, 3.05) is 17.8 Å². The van der Waals surface area contributed by atoms with E-state index in [0.717, 1.165) is 11.5 Å². The Balaban J connectivity index is 2.58. The zero-order valence-corrected chi connectivity index (χ0v) is 11.2. The van der Waals surface area contributed by atoms with Crippen LogP contribution in [0.15, 0.2) is 12.4 Å². The van der Waals surface area contributed by atoms with E-state index in [1.807, 2.05) is 20.0 Å². The van der Waals surface area contributed by atoms with Crippen LogP contribution in [0.4, 0.5) is 5.82 Å². The molecule has 2 aromatic heterocycles. The summed E-state index contributed by atoms with van der Waals surface area (Å²) in [5.74, 6) is 2.08. The second kappa shape index (κ2) is 4.14. The summed E-state index contributed by atoms with van der Waals surface area (Å²) in [6, 6.07) is 1.98. The van der Waals surface area contributed by atoms with Gasteiger partial charge in [0, 0.05) is 30.2 Å². The van der Waals surface area contributed by atoms with Crippen molar-refractivity contribution < 1.29 is 0 Å². The van der Waals surface area contributed by atoms with Crippen molar-refractivity contribution in [1.29, 1.82) is 0 Å². The molecule has 0 spiro atoms. The molecule has 5 nitrogen and oxygen atoms in total. The second-order valence-electron chi connectivity index (χ2n) is 4.73. The van der Waals surface area contributed by atoms with Crippen molar-refractivity contribution in [2.24, 2.45) is 0 Å². The summed E-state index contributed by atoms with van der Waals surface area (Å²) in [4.78, 5) is 10.5. The molecular weight excluding hydrogens is 238 g/mol. The molecule has 2 aromatic rings. The SMILES string of the molecule is Cc1cc(N(C)C(C)(C)CCl)n2ncnc2n1. The van der Waals surface area contributed by atoms with Crippen molar-refractivity contribution in [3.8, 4) is 0 Å². The standard InChI is InChI=1S/C11H16ClN5/c1-8-5-9(16(4)11(2,3)6-12)17-10(15-8)13-7-14-17/h5,7H,6H2,1-4H3. The van der Waals surface area contributed by atoms with Crippen LogP contribution in [0.2, 0.25) is 0 Å². The number of hydrogen-bond acceptors (Lipinski definition) is 4. The van der Waals surface area contributed by atoms with Gasteiger partial charge < -0.3 is 4.90 Å². The van der Waals surface area contributed by atoms with E-state index in [4.69, 9.17) is 11.6 Å². The molecule has 0 aliphatic carbocycles. The number of anilines is 1. The van der Waals surface area contributed by atoms with Gasteiger partial charge >= 0.3 is 0 Å². The van der Waals surface area contributed by atoms with Crippen molar-refractivity contribution in [3.05, 3.63) is 18.1 Å². The highest BCUT2D eigenvalue weighted by Crippen LogP contribution is 2.23. The van der Waals surface area contributed by atoms with Gasteiger partial charge in [0.25, 0.3) is 5.78 Å². The van der Waals surface area contributed by atoms with Crippen LogP contribution in [-0.4, -0.2) is 38.0 Å². The van der Waals surface area contributed by atoms with E-state index in [0.29, 0.717) is 11.7 Å². The third-order valence-corrected chi connectivity index (χ3v) is 3.59. The Hall–Kier alpha value is -1.36. The predicted molar refractivity (Wildman–Crippen MR) is 68.7 cm³/mol. The molecule has 0 radical (unpaired) electrons. The number of hydrogen-bond donors (Lipinski definition) is 0. The molecular formula is C11H16ClN5. The predicted octanol–water partition coefficient (Wildman–Crippen LogP) is 1.89. The van der Waals surface area contributed by atoms with Gasteiger partial charge in [-0.05, 0) is 20.8 Å². The average Bonchev–Trinajstić information content (AvgIpc) is 2.74. The van der Waals surface area contributed by atoms with Crippen LogP contribution in [0.3, 0.4) is 0 Å². The van der Waals surface area contributed by atoms with Gasteiger partial charge in [0.15, 0.2) is 0 Å². The highest BCUT2D eigenvalue weighted by Gasteiger charge is 2.25. The number of alkyl halides is 1. The molecule has 0 fully saturated rings. The molecule has 0 saturated carbocycles. The smallest absolute Gasteiger partial charge is 0.254 e. The molecule has 0 saturated heterocycles. The van der Waals surface area contributed by atoms with E-state index in [1.165, 1.54) is 6.33 Å². The molecule has 0 amide bonds. The summed E-state index contributed by atoms with van der Waals surface area (Å²) in [5.41, 5.74) is 0.756. The van der Waals surface area contributed by atoms with E-state index >= 15 is 0 Å². The molecule has 2 rings (SSSR count). The maximum absolute atomic E-state index is 6.00. The highest BCUT2D eigenvalue weighted by molar-refractivity contribution is 6.18. The number of rotatable bonds is 3. The number of halogens is 1. The quantitative estimate of drug-likeness (QED) is 0.784. The molecule has 0 unspecified atom stereocenters. The van der Waals surface area contributed by atoms with Crippen LogP contribution in [0.25, 0.3) is 5.78 Å². The summed E-state index contributed by atoms with van der Waals surface area (Å²) in [6.45, 7) is 6.11. The minimum atomic E-state index is -0.159. The lowest BCUT2D eigenvalue weighted by Gasteiger charge is -2.35. The first kappa shape index (κ1) is 12.1. The summed E-state index contributed by atoms with van der Waals surface area (Å²) in [6.07, 6.45) is 1.51. The summed E-state index contributed by atoms with van der Waals surface area (Å²) < 4.78 is 1.72. The molecule has 0 bridgehead atoms. The van der Waals surface area contributed by atoms with Crippen LogP contribution >= 0.6 is 11.6 Å². The molecule has 17 heavy (non-hydrogen) atoms. The Labute approximate surface area is 105 Å². The second-order valence-corrected chi connectivity index (χ2v) is 5.00. The molecule has 6 heteroatoms. The van der Waals surface area contributed by atoms with Crippen molar-refractivity contribution in [3.63, 3.8) is 0 Å². The van der Waals surface area contributed by atoms with E-state index in [2.05, 4.69) is 33.8 Å². The van der Waals surface area contributed by atoms with E-state index in [-0.39, 0.29) is 5.54 Å². The minimum Gasteiger partial charge on any atom is -0.353 e. The first-order valence-corrected chi connectivity index (χ1v) is 5.96. The normalized spacial score (nSPS) is 12.1. The summed E-state index contributed by atoms with van der Waals surface area (Å²) in [7, 11) is 2.00. The van der Waals surface area contributed by atoms with Crippen molar-refractivity contribution in [2.45, 2.75) is 26.3 Å². The van der Waals surface area contributed by atoms with Crippen LogP contribution in [0.5, 0.6) is 0 Å². The van der Waals surface area contributed by atoms with Crippen LogP contribution in [0.1, 0.15) is 19.5 Å². The minimum absolute atomic E-state index is 0.159. The lowest BCUT2D eigenvalue weighted by atomic mass is 10.1. The number of fused-ring (bicyclic) bond motifs is 1. The van der Waals surface area contributed by atoms with E-state index < -0.39 is 0 Å². The molecule has 0 N–H and O–H groups in total. The largest absolute Gasteiger partial charge is 0.353 e. The topological polar surface area (TPSA) is 46.3 Å². The lowest BCUT2D eigenvalue weighted by Crippen LogP contribution is -2.44. The van der Waals surface area contributed by atoms with Gasteiger partial charge in [-0.1, -0.05) is 0 Å².